The number of amides is 2. The molecular weight excluding hydrogens is 426 g/mol. The summed E-state index contributed by atoms with van der Waals surface area (Å²) < 4.78 is 10.7. The Hall–Kier alpha value is -4.66. The summed E-state index contributed by atoms with van der Waals surface area (Å²) in [5.41, 5.74) is 1.62. The number of rotatable bonds is 6. The van der Waals surface area contributed by atoms with Crippen molar-refractivity contribution in [3.63, 3.8) is 0 Å². The smallest absolute Gasteiger partial charge is 0.335 e. The molecule has 4 rings (SSSR count). The number of furan rings is 1. The Morgan fingerprint density at radius 1 is 1.12 bits per heavy atom. The van der Waals surface area contributed by atoms with Gasteiger partial charge in [0.2, 0.25) is 0 Å². The summed E-state index contributed by atoms with van der Waals surface area (Å²) in [4.78, 5) is 36.6. The summed E-state index contributed by atoms with van der Waals surface area (Å²) in [6, 6.07) is 15.9. The molecule has 0 aliphatic carbocycles. The maximum atomic E-state index is 12.9. The summed E-state index contributed by atoms with van der Waals surface area (Å²) in [5, 5.41) is 17.3. The second-order valence-electron chi connectivity index (χ2n) is 7.10. The highest BCUT2D eigenvalue weighted by atomic mass is 16.5. The van der Waals surface area contributed by atoms with Crippen molar-refractivity contribution in [2.24, 2.45) is 5.10 Å². The van der Waals surface area contributed by atoms with Gasteiger partial charge < -0.3 is 19.6 Å². The number of carboxylic acid groups (broad SMARTS) is 1. The average Bonchev–Trinajstić information content (AvgIpc) is 3.39. The SMILES string of the molecule is COc1cccc(NC(=O)c2ccc(C=C3C(=O)N(c4cccc(C(=O)O)c4)N=C3C)o2)c1. The molecule has 0 saturated heterocycles. The van der Waals surface area contributed by atoms with Crippen LogP contribution in [0.1, 0.15) is 33.6 Å². The van der Waals surface area contributed by atoms with E-state index in [9.17, 15) is 19.5 Å². The third kappa shape index (κ3) is 4.52. The number of hydrogen-bond acceptors (Lipinski definition) is 6. The van der Waals surface area contributed by atoms with Crippen LogP contribution < -0.4 is 15.1 Å². The fraction of sp³-hybridized carbons (Fsp3) is 0.0833. The van der Waals surface area contributed by atoms with Gasteiger partial charge >= 0.3 is 5.97 Å². The van der Waals surface area contributed by atoms with Crippen LogP contribution in [-0.4, -0.2) is 35.7 Å². The lowest BCUT2D eigenvalue weighted by Crippen LogP contribution is -2.21. The maximum absolute atomic E-state index is 12.9. The lowest BCUT2D eigenvalue weighted by atomic mass is 10.1. The number of benzene rings is 2. The third-order valence-corrected chi connectivity index (χ3v) is 4.87. The topological polar surface area (TPSA) is 121 Å². The fourth-order valence-electron chi connectivity index (χ4n) is 3.22. The molecule has 0 atom stereocenters. The molecule has 3 aromatic rings. The molecule has 0 unspecified atom stereocenters. The normalized spacial score (nSPS) is 14.4. The second-order valence-corrected chi connectivity index (χ2v) is 7.10. The lowest BCUT2D eigenvalue weighted by Gasteiger charge is -2.12. The second kappa shape index (κ2) is 8.83. The van der Waals surface area contributed by atoms with E-state index in [1.165, 1.54) is 31.4 Å². The van der Waals surface area contributed by atoms with E-state index >= 15 is 0 Å². The van der Waals surface area contributed by atoms with Gasteiger partial charge in [0.1, 0.15) is 11.5 Å². The van der Waals surface area contributed by atoms with Crippen molar-refractivity contribution in [1.82, 2.24) is 0 Å². The van der Waals surface area contributed by atoms with Crippen LogP contribution in [0.25, 0.3) is 6.08 Å². The molecule has 0 fully saturated rings. The van der Waals surface area contributed by atoms with Gasteiger partial charge in [0.15, 0.2) is 5.76 Å². The molecule has 1 aromatic heterocycles. The summed E-state index contributed by atoms with van der Waals surface area (Å²) in [5.74, 6) is -1.03. The van der Waals surface area contributed by atoms with Crippen molar-refractivity contribution in [1.29, 1.82) is 0 Å². The summed E-state index contributed by atoms with van der Waals surface area (Å²) in [7, 11) is 1.53. The number of ether oxygens (including phenoxy) is 1. The highest BCUT2D eigenvalue weighted by molar-refractivity contribution is 6.32. The fourth-order valence-corrected chi connectivity index (χ4v) is 3.22. The number of carbonyl (C=O) groups is 3. The first kappa shape index (κ1) is 21.6. The molecule has 2 heterocycles. The highest BCUT2D eigenvalue weighted by Crippen LogP contribution is 2.26. The summed E-state index contributed by atoms with van der Waals surface area (Å²) >= 11 is 0. The van der Waals surface area contributed by atoms with Crippen molar-refractivity contribution in [2.45, 2.75) is 6.92 Å². The first-order valence-electron chi connectivity index (χ1n) is 9.86. The predicted octanol–water partition coefficient (Wildman–Crippen LogP) is 4.04. The maximum Gasteiger partial charge on any atom is 0.335 e. The van der Waals surface area contributed by atoms with Crippen molar-refractivity contribution in [2.75, 3.05) is 17.4 Å². The van der Waals surface area contributed by atoms with Crippen molar-refractivity contribution < 1.29 is 28.6 Å². The number of hydrazone groups is 1. The lowest BCUT2D eigenvalue weighted by molar-refractivity contribution is -0.114. The van der Waals surface area contributed by atoms with Gasteiger partial charge in [-0.3, -0.25) is 9.59 Å². The van der Waals surface area contributed by atoms with E-state index in [2.05, 4.69) is 10.4 Å². The van der Waals surface area contributed by atoms with Gasteiger partial charge in [0.25, 0.3) is 11.8 Å². The number of nitrogens with one attached hydrogen (secondary N) is 1. The first-order valence-corrected chi connectivity index (χ1v) is 9.86. The van der Waals surface area contributed by atoms with Crippen LogP contribution in [0.4, 0.5) is 11.4 Å². The van der Waals surface area contributed by atoms with Crippen molar-refractivity contribution in [3.05, 3.63) is 83.3 Å². The number of carboxylic acids is 1. The van der Waals surface area contributed by atoms with E-state index in [4.69, 9.17) is 9.15 Å². The van der Waals surface area contributed by atoms with E-state index in [0.29, 0.717) is 28.6 Å². The molecule has 9 heteroatoms. The highest BCUT2D eigenvalue weighted by Gasteiger charge is 2.29. The van der Waals surface area contributed by atoms with E-state index in [0.717, 1.165) is 5.01 Å². The zero-order valence-electron chi connectivity index (χ0n) is 17.7. The first-order chi connectivity index (χ1) is 15.9. The van der Waals surface area contributed by atoms with E-state index in [1.54, 1.807) is 49.4 Å². The third-order valence-electron chi connectivity index (χ3n) is 4.87. The van der Waals surface area contributed by atoms with E-state index < -0.39 is 17.8 Å². The Morgan fingerprint density at radius 2 is 1.91 bits per heavy atom. The molecule has 0 radical (unpaired) electrons. The van der Waals surface area contributed by atoms with Gasteiger partial charge in [-0.1, -0.05) is 12.1 Å². The number of nitrogens with zero attached hydrogens (tertiary/aromatic N) is 2. The molecule has 2 amide bonds. The molecule has 1 aliphatic rings. The van der Waals surface area contributed by atoms with E-state index in [-0.39, 0.29) is 16.9 Å². The van der Waals surface area contributed by atoms with Gasteiger partial charge in [-0.2, -0.15) is 10.1 Å². The molecule has 1 aliphatic heterocycles. The Kier molecular flexibility index (Phi) is 5.77. The minimum absolute atomic E-state index is 0.0447. The minimum Gasteiger partial charge on any atom is -0.497 e. The Bertz CT molecular complexity index is 1320. The van der Waals surface area contributed by atoms with Gasteiger partial charge in [0, 0.05) is 11.8 Å². The predicted molar refractivity (Wildman–Crippen MR) is 122 cm³/mol. The van der Waals surface area contributed by atoms with Crippen LogP contribution in [-0.2, 0) is 4.79 Å². The number of hydrogen-bond donors (Lipinski definition) is 2. The van der Waals surface area contributed by atoms with Crippen molar-refractivity contribution in [3.8, 4) is 5.75 Å². The van der Waals surface area contributed by atoms with Crippen LogP contribution in [0.3, 0.4) is 0 Å². The van der Waals surface area contributed by atoms with Gasteiger partial charge in [0.05, 0.1) is 29.6 Å². The van der Waals surface area contributed by atoms with Crippen LogP contribution in [0.5, 0.6) is 5.75 Å². The van der Waals surface area contributed by atoms with Crippen LogP contribution in [0.15, 0.2) is 75.8 Å². The number of anilines is 2. The number of aromatic carboxylic acids is 1. The Labute approximate surface area is 188 Å². The van der Waals surface area contributed by atoms with Crippen LogP contribution >= 0.6 is 0 Å². The standard InChI is InChI=1S/C24H19N3O6/c1-14-20(23(29)27(26-14)17-7-3-5-15(11-17)24(30)31)13-19-9-10-21(33-19)22(28)25-16-6-4-8-18(12-16)32-2/h3-13H,1-2H3,(H,25,28)(H,30,31). The average molecular weight is 445 g/mol. The minimum atomic E-state index is -1.10. The molecule has 0 bridgehead atoms. The molecular formula is C24H19N3O6. The van der Waals surface area contributed by atoms with E-state index in [1.807, 2.05) is 0 Å². The molecule has 0 spiro atoms. The molecule has 0 saturated carbocycles. The zero-order valence-corrected chi connectivity index (χ0v) is 17.7. The molecule has 9 nitrogen and oxygen atoms in total. The quantitative estimate of drug-likeness (QED) is 0.552. The van der Waals surface area contributed by atoms with Gasteiger partial charge in [-0.05, 0) is 55.5 Å². The van der Waals surface area contributed by atoms with Crippen LogP contribution in [0, 0.1) is 0 Å². The monoisotopic (exact) mass is 445 g/mol. The summed E-state index contributed by atoms with van der Waals surface area (Å²) in [6.45, 7) is 1.66. The van der Waals surface area contributed by atoms with Crippen LogP contribution in [0.2, 0.25) is 0 Å². The molecule has 33 heavy (non-hydrogen) atoms. The number of carbonyl (C=O) groups excluding carboxylic acids is 2. The Balaban J connectivity index is 1.52. The largest absolute Gasteiger partial charge is 0.497 e. The molecule has 166 valence electrons. The molecule has 2 aromatic carbocycles. The van der Waals surface area contributed by atoms with Gasteiger partial charge in [-0.25, -0.2) is 4.79 Å². The zero-order chi connectivity index (χ0) is 23.5. The van der Waals surface area contributed by atoms with Crippen molar-refractivity contribution >= 4 is 40.9 Å². The summed E-state index contributed by atoms with van der Waals surface area (Å²) in [6.07, 6.45) is 1.49. The Morgan fingerprint density at radius 3 is 2.67 bits per heavy atom. The van der Waals surface area contributed by atoms with Gasteiger partial charge in [-0.15, -0.1) is 0 Å². The molecule has 2 N–H and O–H groups in total. The number of methoxy groups -OCH3 is 1.